The van der Waals surface area contributed by atoms with E-state index in [-0.39, 0.29) is 6.54 Å². The van der Waals surface area contributed by atoms with Crippen LogP contribution in [0.5, 0.6) is 0 Å². The van der Waals surface area contributed by atoms with Crippen LogP contribution in [0.4, 0.5) is 18.9 Å². The van der Waals surface area contributed by atoms with Crippen LogP contribution >= 0.6 is 11.6 Å². The van der Waals surface area contributed by atoms with E-state index in [1.165, 1.54) is 6.07 Å². The summed E-state index contributed by atoms with van der Waals surface area (Å²) in [5.74, 6) is 2.70. The van der Waals surface area contributed by atoms with Crippen LogP contribution in [-0.4, -0.2) is 40.3 Å². The minimum absolute atomic E-state index is 0.236. The largest absolute Gasteiger partial charge is 0.416 e. The molecule has 0 aliphatic heterocycles. The minimum atomic E-state index is -4.36. The maximum atomic E-state index is 12.7. The molecule has 5 aromatic rings. The van der Waals surface area contributed by atoms with Gasteiger partial charge in [-0.2, -0.15) is 23.4 Å². The Bertz CT molecular complexity index is 1370. The molecule has 0 unspecified atom stereocenters. The molecule has 0 amide bonds. The fraction of sp³-hybridized carbons (Fsp3) is 0.130. The van der Waals surface area contributed by atoms with Crippen LogP contribution < -0.4 is 5.32 Å². The maximum absolute atomic E-state index is 12.7. The number of aromatic nitrogens is 8. The Hall–Kier alpha value is -4.32. The molecule has 0 spiro atoms. The van der Waals surface area contributed by atoms with Gasteiger partial charge in [-0.3, -0.25) is 20.2 Å². The SMILES string of the molecule is ClCc1nc(-c2ccncc2)n[nH]1.FC(F)(F)c1cccc(NCc2nc(-c3ccncc3)n[nH]2)c1. The number of alkyl halides is 4. The summed E-state index contributed by atoms with van der Waals surface area (Å²) in [6.45, 7) is 0.236. The maximum Gasteiger partial charge on any atom is 0.416 e. The molecule has 0 saturated carbocycles. The molecule has 9 nitrogen and oxygen atoms in total. The van der Waals surface area contributed by atoms with E-state index in [1.54, 1.807) is 43.0 Å². The first-order chi connectivity index (χ1) is 17.4. The van der Waals surface area contributed by atoms with Crippen molar-refractivity contribution in [2.45, 2.75) is 18.6 Å². The third kappa shape index (κ3) is 6.63. The predicted molar refractivity (Wildman–Crippen MR) is 128 cm³/mol. The zero-order valence-electron chi connectivity index (χ0n) is 18.5. The lowest BCUT2D eigenvalue weighted by molar-refractivity contribution is -0.137. The molecule has 13 heteroatoms. The smallest absolute Gasteiger partial charge is 0.378 e. The Balaban J connectivity index is 0.000000197. The summed E-state index contributed by atoms with van der Waals surface area (Å²) in [4.78, 5) is 16.3. The standard InChI is InChI=1S/C15H12F3N5.C8H7ClN4/c16-15(17,18)11-2-1-3-12(8-11)20-9-13-21-14(23-22-13)10-4-6-19-7-5-10;9-5-7-11-8(13-12-7)6-1-3-10-4-2-6/h1-8,20H,9H2,(H,21,22,23);1-4H,5H2,(H,11,12,13). The van der Waals surface area contributed by atoms with E-state index in [0.717, 1.165) is 23.3 Å². The van der Waals surface area contributed by atoms with Crippen LogP contribution in [0.25, 0.3) is 22.8 Å². The number of anilines is 1. The molecule has 4 heterocycles. The lowest BCUT2D eigenvalue weighted by atomic mass is 10.2. The summed E-state index contributed by atoms with van der Waals surface area (Å²) >= 11 is 5.58. The molecular formula is C23H19ClF3N9. The van der Waals surface area contributed by atoms with Crippen LogP contribution in [0, 0.1) is 0 Å². The molecule has 5 rings (SSSR count). The first-order valence-corrected chi connectivity index (χ1v) is 11.1. The van der Waals surface area contributed by atoms with Gasteiger partial charge in [-0.15, -0.1) is 11.6 Å². The topological polar surface area (TPSA) is 121 Å². The van der Waals surface area contributed by atoms with Gasteiger partial charge in [0.15, 0.2) is 11.6 Å². The van der Waals surface area contributed by atoms with Crippen molar-refractivity contribution in [2.24, 2.45) is 0 Å². The molecule has 0 aliphatic rings. The number of pyridine rings is 2. The average Bonchev–Trinajstić information content (AvgIpc) is 3.59. The van der Waals surface area contributed by atoms with Gasteiger partial charge >= 0.3 is 6.18 Å². The molecular weight excluding hydrogens is 495 g/mol. The number of nitrogens with one attached hydrogen (secondary N) is 3. The van der Waals surface area contributed by atoms with Crippen LogP contribution in [0.15, 0.2) is 73.3 Å². The number of H-pyrrole nitrogens is 2. The van der Waals surface area contributed by atoms with Crippen molar-refractivity contribution >= 4 is 17.3 Å². The lowest BCUT2D eigenvalue weighted by Gasteiger charge is -2.09. The van der Waals surface area contributed by atoms with E-state index in [0.29, 0.717) is 34.9 Å². The molecule has 3 N–H and O–H groups in total. The van der Waals surface area contributed by atoms with Crippen molar-refractivity contribution in [3.63, 3.8) is 0 Å². The van der Waals surface area contributed by atoms with Crippen LogP contribution in [0.3, 0.4) is 0 Å². The molecule has 0 fully saturated rings. The van der Waals surface area contributed by atoms with Crippen molar-refractivity contribution < 1.29 is 13.2 Å². The number of hydrogen-bond acceptors (Lipinski definition) is 7. The molecule has 0 atom stereocenters. The van der Waals surface area contributed by atoms with Crippen molar-refractivity contribution in [3.05, 3.63) is 90.5 Å². The van der Waals surface area contributed by atoms with E-state index in [9.17, 15) is 13.2 Å². The van der Waals surface area contributed by atoms with Gasteiger partial charge in [-0.1, -0.05) is 6.07 Å². The number of benzene rings is 1. The van der Waals surface area contributed by atoms with Gasteiger partial charge in [-0.25, -0.2) is 9.97 Å². The van der Waals surface area contributed by atoms with Gasteiger partial charge < -0.3 is 5.32 Å². The zero-order valence-corrected chi connectivity index (χ0v) is 19.3. The molecule has 0 saturated heterocycles. The second kappa shape index (κ2) is 11.4. The van der Waals surface area contributed by atoms with Crippen LogP contribution in [-0.2, 0) is 18.6 Å². The Morgan fingerprint density at radius 2 is 1.33 bits per heavy atom. The monoisotopic (exact) mass is 513 g/mol. The van der Waals surface area contributed by atoms with Crippen LogP contribution in [0.1, 0.15) is 17.2 Å². The Kier molecular flexibility index (Phi) is 7.85. The second-order valence-electron chi connectivity index (χ2n) is 7.25. The Labute approximate surface area is 208 Å². The zero-order chi connectivity index (χ0) is 25.4. The number of hydrogen-bond donors (Lipinski definition) is 3. The van der Waals surface area contributed by atoms with Gasteiger partial charge in [0, 0.05) is 41.6 Å². The first kappa shape index (κ1) is 24.8. The number of halogens is 4. The van der Waals surface area contributed by atoms with E-state index < -0.39 is 11.7 Å². The number of rotatable bonds is 6. The molecule has 1 aromatic carbocycles. The summed E-state index contributed by atoms with van der Waals surface area (Å²) in [6, 6.07) is 12.2. The van der Waals surface area contributed by atoms with E-state index in [4.69, 9.17) is 11.6 Å². The van der Waals surface area contributed by atoms with Crippen molar-refractivity contribution in [3.8, 4) is 22.8 Å². The fourth-order valence-corrected chi connectivity index (χ4v) is 3.10. The quantitative estimate of drug-likeness (QED) is 0.270. The van der Waals surface area contributed by atoms with Crippen molar-refractivity contribution in [1.29, 1.82) is 0 Å². The third-order valence-corrected chi connectivity index (χ3v) is 4.97. The third-order valence-electron chi connectivity index (χ3n) is 4.72. The summed E-state index contributed by atoms with van der Waals surface area (Å²) in [5, 5.41) is 16.5. The highest BCUT2D eigenvalue weighted by Crippen LogP contribution is 2.30. The molecule has 4 aromatic heterocycles. The van der Waals surface area contributed by atoms with Gasteiger partial charge in [0.05, 0.1) is 18.0 Å². The number of aromatic amines is 2. The normalized spacial score (nSPS) is 11.0. The van der Waals surface area contributed by atoms with Gasteiger partial charge in [0.25, 0.3) is 0 Å². The van der Waals surface area contributed by atoms with E-state index >= 15 is 0 Å². The minimum Gasteiger partial charge on any atom is -0.378 e. The van der Waals surface area contributed by atoms with Gasteiger partial charge in [0.2, 0.25) is 0 Å². The highest BCUT2D eigenvalue weighted by molar-refractivity contribution is 6.16. The van der Waals surface area contributed by atoms with Crippen LogP contribution in [0.2, 0.25) is 0 Å². The summed E-state index contributed by atoms with van der Waals surface area (Å²) in [6.07, 6.45) is 2.30. The lowest BCUT2D eigenvalue weighted by Crippen LogP contribution is -2.07. The Morgan fingerprint density at radius 1 is 0.778 bits per heavy atom. The number of nitrogens with zero attached hydrogens (tertiary/aromatic N) is 6. The van der Waals surface area contributed by atoms with E-state index in [1.807, 2.05) is 12.1 Å². The van der Waals surface area contributed by atoms with E-state index in [2.05, 4.69) is 45.6 Å². The average molecular weight is 514 g/mol. The predicted octanol–water partition coefficient (Wildman–Crippen LogP) is 5.10. The van der Waals surface area contributed by atoms with Gasteiger partial charge in [-0.05, 0) is 42.5 Å². The molecule has 36 heavy (non-hydrogen) atoms. The first-order valence-electron chi connectivity index (χ1n) is 10.5. The van der Waals surface area contributed by atoms with Crippen molar-refractivity contribution in [1.82, 2.24) is 40.3 Å². The highest BCUT2D eigenvalue weighted by atomic mass is 35.5. The fourth-order valence-electron chi connectivity index (χ4n) is 2.98. The summed E-state index contributed by atoms with van der Waals surface area (Å²) < 4.78 is 38.0. The molecule has 0 bridgehead atoms. The molecule has 0 radical (unpaired) electrons. The molecule has 184 valence electrons. The second-order valence-corrected chi connectivity index (χ2v) is 7.52. The Morgan fingerprint density at radius 3 is 1.86 bits per heavy atom. The van der Waals surface area contributed by atoms with Gasteiger partial charge in [0.1, 0.15) is 11.6 Å². The summed E-state index contributed by atoms with van der Waals surface area (Å²) in [7, 11) is 0. The highest BCUT2D eigenvalue weighted by Gasteiger charge is 2.30. The van der Waals surface area contributed by atoms with Crippen molar-refractivity contribution in [2.75, 3.05) is 5.32 Å². The molecule has 0 aliphatic carbocycles. The summed E-state index contributed by atoms with van der Waals surface area (Å²) in [5.41, 5.74) is 1.41.